The van der Waals surface area contributed by atoms with Crippen molar-refractivity contribution >= 4 is 17.1 Å². The lowest BCUT2D eigenvalue weighted by atomic mass is 9.99. The third-order valence-electron chi connectivity index (χ3n) is 3.55. The molecule has 0 aliphatic heterocycles. The van der Waals surface area contributed by atoms with Crippen LogP contribution in [-0.2, 0) is 12.8 Å². The van der Waals surface area contributed by atoms with Crippen LogP contribution in [0.15, 0.2) is 24.3 Å². The lowest BCUT2D eigenvalue weighted by Crippen LogP contribution is -2.14. The zero-order valence-electron chi connectivity index (χ0n) is 10.6. The van der Waals surface area contributed by atoms with Gasteiger partial charge in [-0.1, -0.05) is 24.3 Å². The van der Waals surface area contributed by atoms with E-state index in [2.05, 4.69) is 17.1 Å². The van der Waals surface area contributed by atoms with Crippen molar-refractivity contribution in [3.8, 4) is 0 Å². The number of ketones is 1. The van der Waals surface area contributed by atoms with Crippen molar-refractivity contribution in [2.45, 2.75) is 26.7 Å². The van der Waals surface area contributed by atoms with Gasteiger partial charge in [0.05, 0.1) is 15.6 Å². The van der Waals surface area contributed by atoms with Gasteiger partial charge in [-0.05, 0) is 37.8 Å². The third-order valence-corrected chi connectivity index (χ3v) is 4.64. The van der Waals surface area contributed by atoms with Gasteiger partial charge in [0, 0.05) is 5.92 Å². The first-order valence-electron chi connectivity index (χ1n) is 6.20. The van der Waals surface area contributed by atoms with Gasteiger partial charge in [-0.25, -0.2) is 4.98 Å². The predicted octanol–water partition coefficient (Wildman–Crippen LogP) is 3.36. The number of hydrogen-bond donors (Lipinski definition) is 0. The van der Waals surface area contributed by atoms with Gasteiger partial charge in [-0.15, -0.1) is 11.3 Å². The maximum atomic E-state index is 12.5. The van der Waals surface area contributed by atoms with Crippen LogP contribution in [0.3, 0.4) is 0 Å². The van der Waals surface area contributed by atoms with Gasteiger partial charge >= 0.3 is 0 Å². The number of nitrogens with zero attached hydrogens (tertiary/aromatic N) is 1. The summed E-state index contributed by atoms with van der Waals surface area (Å²) < 4.78 is 0. The maximum Gasteiger partial charge on any atom is 0.178 e. The molecule has 1 aliphatic carbocycles. The normalized spacial score (nSPS) is 14.8. The molecule has 18 heavy (non-hydrogen) atoms. The Hall–Kier alpha value is -1.48. The van der Waals surface area contributed by atoms with E-state index in [0.29, 0.717) is 0 Å². The molecule has 2 aromatic rings. The number of aryl methyl sites for hydroxylation is 2. The second kappa shape index (κ2) is 4.32. The van der Waals surface area contributed by atoms with Crippen LogP contribution in [0.2, 0.25) is 0 Å². The second-order valence-electron chi connectivity index (χ2n) is 4.89. The largest absolute Gasteiger partial charge is 0.293 e. The molecule has 0 fully saturated rings. The topological polar surface area (TPSA) is 30.0 Å². The van der Waals surface area contributed by atoms with E-state index in [1.54, 1.807) is 0 Å². The van der Waals surface area contributed by atoms with Crippen molar-refractivity contribution in [1.29, 1.82) is 0 Å². The van der Waals surface area contributed by atoms with Gasteiger partial charge < -0.3 is 0 Å². The Morgan fingerprint density at radius 2 is 1.83 bits per heavy atom. The van der Waals surface area contributed by atoms with E-state index in [1.807, 2.05) is 26.0 Å². The molecule has 3 heteroatoms. The predicted molar refractivity (Wildman–Crippen MR) is 73.3 cm³/mol. The summed E-state index contributed by atoms with van der Waals surface area (Å²) in [5.74, 6) is 0.384. The molecule has 0 saturated carbocycles. The molecule has 1 aliphatic rings. The second-order valence-corrected chi connectivity index (χ2v) is 6.09. The van der Waals surface area contributed by atoms with E-state index in [9.17, 15) is 4.79 Å². The molecule has 0 amide bonds. The molecule has 3 rings (SSSR count). The number of hydrogen-bond acceptors (Lipinski definition) is 3. The van der Waals surface area contributed by atoms with Gasteiger partial charge in [-0.2, -0.15) is 0 Å². The Bertz CT molecular complexity index is 590. The summed E-state index contributed by atoms with van der Waals surface area (Å²) in [7, 11) is 0. The van der Waals surface area contributed by atoms with E-state index in [-0.39, 0.29) is 11.7 Å². The number of thiazole rings is 1. The van der Waals surface area contributed by atoms with Gasteiger partial charge in [0.15, 0.2) is 5.78 Å². The van der Waals surface area contributed by atoms with Gasteiger partial charge in [0.2, 0.25) is 0 Å². The lowest BCUT2D eigenvalue weighted by Gasteiger charge is -2.06. The number of aromatic nitrogens is 1. The zero-order valence-corrected chi connectivity index (χ0v) is 11.4. The van der Waals surface area contributed by atoms with Crippen molar-refractivity contribution < 1.29 is 4.79 Å². The van der Waals surface area contributed by atoms with Gasteiger partial charge in [-0.3, -0.25) is 4.79 Å². The van der Waals surface area contributed by atoms with Crippen molar-refractivity contribution in [1.82, 2.24) is 4.98 Å². The molecule has 0 unspecified atom stereocenters. The van der Waals surface area contributed by atoms with Crippen LogP contribution < -0.4 is 0 Å². The Balaban J connectivity index is 1.87. The fourth-order valence-electron chi connectivity index (χ4n) is 2.69. The van der Waals surface area contributed by atoms with E-state index < -0.39 is 0 Å². The molecule has 1 heterocycles. The minimum absolute atomic E-state index is 0.112. The molecule has 92 valence electrons. The highest BCUT2D eigenvalue weighted by Crippen LogP contribution is 2.31. The number of Topliss-reactive ketones (excluding diaryl/α,β-unsaturated/α-hetero) is 1. The molecular formula is C15H15NOS. The quantitative estimate of drug-likeness (QED) is 0.772. The highest BCUT2D eigenvalue weighted by molar-refractivity contribution is 7.13. The summed E-state index contributed by atoms with van der Waals surface area (Å²) in [6.45, 7) is 3.89. The lowest BCUT2D eigenvalue weighted by molar-refractivity contribution is 0.0928. The number of rotatable bonds is 2. The molecule has 0 atom stereocenters. The van der Waals surface area contributed by atoms with E-state index >= 15 is 0 Å². The molecule has 1 aromatic heterocycles. The van der Waals surface area contributed by atoms with Crippen LogP contribution in [0.5, 0.6) is 0 Å². The molecule has 2 nitrogen and oxygen atoms in total. The summed E-state index contributed by atoms with van der Waals surface area (Å²) in [4.78, 5) is 17.7. The summed E-state index contributed by atoms with van der Waals surface area (Å²) in [5.41, 5.74) is 3.54. The summed E-state index contributed by atoms with van der Waals surface area (Å²) >= 11 is 1.53. The van der Waals surface area contributed by atoms with Crippen molar-refractivity contribution in [3.05, 3.63) is 51.0 Å². The third kappa shape index (κ3) is 1.89. The van der Waals surface area contributed by atoms with Gasteiger partial charge in [0.1, 0.15) is 0 Å². The van der Waals surface area contributed by atoms with E-state index in [0.717, 1.165) is 28.4 Å². The molecule has 0 N–H and O–H groups in total. The first kappa shape index (κ1) is 11.6. The van der Waals surface area contributed by atoms with Crippen LogP contribution in [0.25, 0.3) is 0 Å². The van der Waals surface area contributed by atoms with E-state index in [1.165, 1.54) is 22.5 Å². The molecular weight excluding hydrogens is 242 g/mol. The fraction of sp³-hybridized carbons (Fsp3) is 0.333. The summed E-state index contributed by atoms with van der Waals surface area (Å²) in [6.07, 6.45) is 1.76. The minimum Gasteiger partial charge on any atom is -0.293 e. The monoisotopic (exact) mass is 257 g/mol. The molecule has 1 aromatic carbocycles. The minimum atomic E-state index is 0.112. The standard InChI is InChI=1S/C15H15NOS/c1-9-15(18-10(2)16-9)14(17)13-7-11-5-3-4-6-12(11)8-13/h3-6,13H,7-8H2,1-2H3. The first-order valence-corrected chi connectivity index (χ1v) is 7.02. The van der Waals surface area contributed by atoms with Gasteiger partial charge in [0.25, 0.3) is 0 Å². The SMILES string of the molecule is Cc1nc(C)c(C(=O)C2Cc3ccccc3C2)s1. The van der Waals surface area contributed by atoms with Crippen molar-refractivity contribution in [2.75, 3.05) is 0 Å². The fourth-order valence-corrected chi connectivity index (χ4v) is 3.63. The molecule has 0 bridgehead atoms. The highest BCUT2D eigenvalue weighted by Gasteiger charge is 2.29. The average Bonchev–Trinajstić information content (AvgIpc) is 2.91. The van der Waals surface area contributed by atoms with E-state index in [4.69, 9.17) is 0 Å². The van der Waals surface area contributed by atoms with Crippen LogP contribution in [0.1, 0.15) is 31.5 Å². The van der Waals surface area contributed by atoms with Crippen LogP contribution in [-0.4, -0.2) is 10.8 Å². The highest BCUT2D eigenvalue weighted by atomic mass is 32.1. The number of carbonyl (C=O) groups excluding carboxylic acids is 1. The number of benzene rings is 1. The van der Waals surface area contributed by atoms with Crippen LogP contribution >= 0.6 is 11.3 Å². The zero-order chi connectivity index (χ0) is 12.7. The summed E-state index contributed by atoms with van der Waals surface area (Å²) in [6, 6.07) is 8.36. The first-order chi connectivity index (χ1) is 8.65. The Kier molecular flexibility index (Phi) is 2.78. The Morgan fingerprint density at radius 1 is 1.22 bits per heavy atom. The van der Waals surface area contributed by atoms with Crippen molar-refractivity contribution in [3.63, 3.8) is 0 Å². The number of carbonyl (C=O) groups is 1. The average molecular weight is 257 g/mol. The summed E-state index contributed by atoms with van der Waals surface area (Å²) in [5, 5.41) is 0.978. The van der Waals surface area contributed by atoms with Crippen molar-refractivity contribution in [2.24, 2.45) is 5.92 Å². The molecule has 0 saturated heterocycles. The van der Waals surface area contributed by atoms with Crippen LogP contribution in [0.4, 0.5) is 0 Å². The molecule has 0 spiro atoms. The number of fused-ring (bicyclic) bond motifs is 1. The van der Waals surface area contributed by atoms with Crippen LogP contribution in [0, 0.1) is 19.8 Å². The molecule has 0 radical (unpaired) electrons. The Labute approximate surface area is 111 Å². The maximum absolute atomic E-state index is 12.5. The smallest absolute Gasteiger partial charge is 0.178 e. The Morgan fingerprint density at radius 3 is 2.33 bits per heavy atom.